The van der Waals surface area contributed by atoms with Crippen LogP contribution in [0.1, 0.15) is 17.0 Å². The average Bonchev–Trinajstić information content (AvgIpc) is 2.67. The van der Waals surface area contributed by atoms with E-state index in [1.165, 1.54) is 5.56 Å². The van der Waals surface area contributed by atoms with Crippen LogP contribution in [-0.4, -0.2) is 5.16 Å². The fraction of sp³-hybridized carbons (Fsp3) is 0.250. The summed E-state index contributed by atoms with van der Waals surface area (Å²) < 4.78 is 6.23. The van der Waals surface area contributed by atoms with Crippen LogP contribution in [0.5, 0.6) is 0 Å². The number of nitrogens with one attached hydrogen (secondary N) is 1. The van der Waals surface area contributed by atoms with E-state index < -0.39 is 0 Å². The lowest BCUT2D eigenvalue weighted by atomic mass is 10.2. The quantitative estimate of drug-likeness (QED) is 0.936. The second-order valence-electron chi connectivity index (χ2n) is 3.63. The highest BCUT2D eigenvalue weighted by Crippen LogP contribution is 2.15. The third kappa shape index (κ3) is 2.93. The third-order valence-electron chi connectivity index (χ3n) is 2.25. The first-order valence-corrected chi connectivity index (χ1v) is 5.91. The summed E-state index contributed by atoms with van der Waals surface area (Å²) >= 11 is 3.51. The molecule has 0 aliphatic carbocycles. The van der Waals surface area contributed by atoms with Crippen molar-refractivity contribution < 1.29 is 4.52 Å². The van der Waals surface area contributed by atoms with E-state index in [-0.39, 0.29) is 0 Å². The number of hydrogen-bond acceptors (Lipinski definition) is 3. The Morgan fingerprint density at radius 2 is 2.12 bits per heavy atom. The van der Waals surface area contributed by atoms with Crippen LogP contribution < -0.4 is 5.32 Å². The highest BCUT2D eigenvalue weighted by Gasteiger charge is 2.01. The summed E-state index contributed by atoms with van der Waals surface area (Å²) in [5.74, 6) is 0.865. The van der Waals surface area contributed by atoms with E-state index in [1.54, 1.807) is 0 Å². The van der Waals surface area contributed by atoms with Gasteiger partial charge in [-0.1, -0.05) is 39.3 Å². The Labute approximate surface area is 103 Å². The summed E-state index contributed by atoms with van der Waals surface area (Å²) in [6.45, 7) is 3.42. The van der Waals surface area contributed by atoms with Crippen LogP contribution in [0.3, 0.4) is 0 Å². The molecule has 1 aromatic carbocycles. The Hall–Kier alpha value is -1.13. The van der Waals surface area contributed by atoms with E-state index in [1.807, 2.05) is 31.2 Å². The van der Waals surface area contributed by atoms with Crippen molar-refractivity contribution in [2.45, 2.75) is 20.0 Å². The third-order valence-corrected chi connectivity index (χ3v) is 3.02. The number of halogens is 1. The number of hydrogen-bond donors (Lipinski definition) is 1. The number of rotatable bonds is 4. The normalized spacial score (nSPS) is 10.6. The highest BCUT2D eigenvalue weighted by atomic mass is 79.9. The number of aryl methyl sites for hydroxylation is 1. The Kier molecular flexibility index (Phi) is 3.74. The molecule has 0 saturated carbocycles. The highest BCUT2D eigenvalue weighted by molar-refractivity contribution is 9.10. The summed E-state index contributed by atoms with van der Waals surface area (Å²) in [6, 6.07) is 10.1. The van der Waals surface area contributed by atoms with Crippen LogP contribution in [0.2, 0.25) is 0 Å². The maximum absolute atomic E-state index is 5.11. The molecule has 0 spiro atoms. The fourth-order valence-electron chi connectivity index (χ4n) is 1.46. The van der Waals surface area contributed by atoms with E-state index in [4.69, 9.17) is 4.52 Å². The molecule has 0 bridgehead atoms. The zero-order chi connectivity index (χ0) is 11.4. The van der Waals surface area contributed by atoms with Crippen molar-refractivity contribution in [1.29, 1.82) is 0 Å². The van der Waals surface area contributed by atoms with Gasteiger partial charge in [0.15, 0.2) is 5.76 Å². The molecule has 0 amide bonds. The first kappa shape index (κ1) is 11.4. The van der Waals surface area contributed by atoms with Crippen molar-refractivity contribution in [2.75, 3.05) is 0 Å². The molecule has 16 heavy (non-hydrogen) atoms. The molecule has 3 nitrogen and oxygen atoms in total. The molecular weight excluding hydrogens is 268 g/mol. The first-order valence-electron chi connectivity index (χ1n) is 5.12. The summed E-state index contributed by atoms with van der Waals surface area (Å²) in [5.41, 5.74) is 2.15. The fourth-order valence-corrected chi connectivity index (χ4v) is 1.89. The van der Waals surface area contributed by atoms with Gasteiger partial charge in [-0.2, -0.15) is 0 Å². The standard InChI is InChI=1S/C12H13BrN2O/c1-9-6-11(16-15-9)8-14-7-10-4-2-3-5-12(10)13/h2-6,14H,7-8H2,1H3. The van der Waals surface area contributed by atoms with Crippen molar-refractivity contribution in [2.24, 2.45) is 0 Å². The second kappa shape index (κ2) is 5.27. The predicted octanol–water partition coefficient (Wildman–Crippen LogP) is 3.04. The van der Waals surface area contributed by atoms with Crippen LogP contribution in [0.25, 0.3) is 0 Å². The molecule has 2 rings (SSSR count). The van der Waals surface area contributed by atoms with Gasteiger partial charge in [0, 0.05) is 17.1 Å². The smallest absolute Gasteiger partial charge is 0.150 e. The maximum Gasteiger partial charge on any atom is 0.150 e. The van der Waals surface area contributed by atoms with Crippen LogP contribution in [0.15, 0.2) is 39.3 Å². The zero-order valence-corrected chi connectivity index (χ0v) is 10.6. The predicted molar refractivity (Wildman–Crippen MR) is 65.9 cm³/mol. The minimum absolute atomic E-state index is 0.697. The molecule has 0 fully saturated rings. The molecule has 2 aromatic rings. The zero-order valence-electron chi connectivity index (χ0n) is 9.03. The molecule has 0 unspecified atom stereocenters. The lowest BCUT2D eigenvalue weighted by molar-refractivity contribution is 0.369. The Bertz CT molecular complexity index is 468. The molecule has 84 valence electrons. The maximum atomic E-state index is 5.11. The van der Waals surface area contributed by atoms with Gasteiger partial charge in [0.05, 0.1) is 12.2 Å². The van der Waals surface area contributed by atoms with E-state index in [9.17, 15) is 0 Å². The topological polar surface area (TPSA) is 38.1 Å². The molecule has 0 radical (unpaired) electrons. The lowest BCUT2D eigenvalue weighted by Crippen LogP contribution is -2.12. The van der Waals surface area contributed by atoms with E-state index in [0.717, 1.165) is 22.5 Å². The van der Waals surface area contributed by atoms with Crippen LogP contribution in [0.4, 0.5) is 0 Å². The van der Waals surface area contributed by atoms with Crippen molar-refractivity contribution in [1.82, 2.24) is 10.5 Å². The second-order valence-corrected chi connectivity index (χ2v) is 4.48. The molecule has 1 aromatic heterocycles. The van der Waals surface area contributed by atoms with Gasteiger partial charge in [-0.05, 0) is 18.6 Å². The van der Waals surface area contributed by atoms with E-state index >= 15 is 0 Å². The van der Waals surface area contributed by atoms with Crippen molar-refractivity contribution in [3.8, 4) is 0 Å². The summed E-state index contributed by atoms with van der Waals surface area (Å²) in [4.78, 5) is 0. The van der Waals surface area contributed by atoms with Gasteiger partial charge in [0.2, 0.25) is 0 Å². The largest absolute Gasteiger partial charge is 0.360 e. The minimum atomic E-state index is 0.697. The van der Waals surface area contributed by atoms with Crippen molar-refractivity contribution in [3.63, 3.8) is 0 Å². The number of nitrogens with zero attached hydrogens (tertiary/aromatic N) is 1. The molecular formula is C12H13BrN2O. The summed E-state index contributed by atoms with van der Waals surface area (Å²) in [6.07, 6.45) is 0. The van der Waals surface area contributed by atoms with E-state index in [0.29, 0.717) is 6.54 Å². The summed E-state index contributed by atoms with van der Waals surface area (Å²) in [5, 5.41) is 7.14. The van der Waals surface area contributed by atoms with Gasteiger partial charge in [-0.15, -0.1) is 0 Å². The molecule has 0 atom stereocenters. The SMILES string of the molecule is Cc1cc(CNCc2ccccc2Br)on1. The Morgan fingerprint density at radius 3 is 2.81 bits per heavy atom. The van der Waals surface area contributed by atoms with Gasteiger partial charge in [0.1, 0.15) is 0 Å². The van der Waals surface area contributed by atoms with Crippen molar-refractivity contribution in [3.05, 3.63) is 51.8 Å². The first-order chi connectivity index (χ1) is 7.75. The van der Waals surface area contributed by atoms with Gasteiger partial charge < -0.3 is 9.84 Å². The minimum Gasteiger partial charge on any atom is -0.360 e. The summed E-state index contributed by atoms with van der Waals surface area (Å²) in [7, 11) is 0. The van der Waals surface area contributed by atoms with Crippen LogP contribution >= 0.6 is 15.9 Å². The van der Waals surface area contributed by atoms with Gasteiger partial charge in [-0.25, -0.2) is 0 Å². The van der Waals surface area contributed by atoms with Crippen LogP contribution in [-0.2, 0) is 13.1 Å². The monoisotopic (exact) mass is 280 g/mol. The molecule has 0 aliphatic heterocycles. The Morgan fingerprint density at radius 1 is 1.31 bits per heavy atom. The average molecular weight is 281 g/mol. The molecule has 0 saturated heterocycles. The molecule has 1 N–H and O–H groups in total. The number of benzene rings is 1. The van der Waals surface area contributed by atoms with Crippen molar-refractivity contribution >= 4 is 15.9 Å². The molecule has 1 heterocycles. The van der Waals surface area contributed by atoms with E-state index in [2.05, 4.69) is 32.5 Å². The van der Waals surface area contributed by atoms with Crippen LogP contribution in [0, 0.1) is 6.92 Å². The van der Waals surface area contributed by atoms with Gasteiger partial charge in [0.25, 0.3) is 0 Å². The number of aromatic nitrogens is 1. The van der Waals surface area contributed by atoms with Gasteiger partial charge in [-0.3, -0.25) is 0 Å². The van der Waals surface area contributed by atoms with Gasteiger partial charge >= 0.3 is 0 Å². The Balaban J connectivity index is 1.87. The lowest BCUT2D eigenvalue weighted by Gasteiger charge is -2.04. The molecule has 0 aliphatic rings. The molecule has 4 heteroatoms.